The summed E-state index contributed by atoms with van der Waals surface area (Å²) in [6, 6.07) is 11.9. The standard InChI is InChI=1S/C21H23ClN6O/c22-14-2-4-16-18(12-14)26-27-20(16)21-24-17-5-3-15(13-19(17)25-21)23-6-1-7-28-8-10-29-11-9-28/h2-5,12-13,23H,1,6-11H2,(H,24,25)(H,26,27). The van der Waals surface area contributed by atoms with Crippen LogP contribution in [0.5, 0.6) is 0 Å². The van der Waals surface area contributed by atoms with Gasteiger partial charge in [0.1, 0.15) is 5.69 Å². The van der Waals surface area contributed by atoms with E-state index in [4.69, 9.17) is 21.3 Å². The van der Waals surface area contributed by atoms with E-state index in [0.29, 0.717) is 5.02 Å². The Balaban J connectivity index is 1.28. The molecule has 0 saturated carbocycles. The van der Waals surface area contributed by atoms with Gasteiger partial charge in [0.05, 0.1) is 29.8 Å². The first kappa shape index (κ1) is 18.4. The smallest absolute Gasteiger partial charge is 0.159 e. The van der Waals surface area contributed by atoms with Gasteiger partial charge in [-0.25, -0.2) is 4.98 Å². The minimum atomic E-state index is 0.682. The number of nitrogens with zero attached hydrogens (tertiary/aromatic N) is 3. The van der Waals surface area contributed by atoms with Crippen molar-refractivity contribution in [3.8, 4) is 11.5 Å². The zero-order chi connectivity index (χ0) is 19.6. The average molecular weight is 411 g/mol. The van der Waals surface area contributed by atoms with Crippen molar-refractivity contribution in [2.75, 3.05) is 44.7 Å². The molecule has 0 spiro atoms. The normalized spacial score (nSPS) is 15.3. The van der Waals surface area contributed by atoms with Gasteiger partial charge in [0.25, 0.3) is 0 Å². The molecule has 5 rings (SSSR count). The van der Waals surface area contributed by atoms with E-state index in [1.165, 1.54) is 0 Å². The minimum Gasteiger partial charge on any atom is -0.385 e. The Kier molecular flexibility index (Phi) is 5.10. The molecule has 1 aliphatic heterocycles. The molecule has 7 nitrogen and oxygen atoms in total. The van der Waals surface area contributed by atoms with E-state index in [1.807, 2.05) is 24.3 Å². The fraction of sp³-hybridized carbons (Fsp3) is 0.333. The van der Waals surface area contributed by atoms with Gasteiger partial charge < -0.3 is 15.0 Å². The molecule has 8 heteroatoms. The highest BCUT2D eigenvalue weighted by atomic mass is 35.5. The summed E-state index contributed by atoms with van der Waals surface area (Å²) in [5.74, 6) is 0.748. The molecule has 29 heavy (non-hydrogen) atoms. The van der Waals surface area contributed by atoms with Crippen LogP contribution in [0.1, 0.15) is 6.42 Å². The average Bonchev–Trinajstić information content (AvgIpc) is 3.35. The lowest BCUT2D eigenvalue weighted by Crippen LogP contribution is -2.37. The second kappa shape index (κ2) is 8.02. The number of fused-ring (bicyclic) bond motifs is 2. The molecule has 2 aromatic carbocycles. The minimum absolute atomic E-state index is 0.682. The molecule has 0 unspecified atom stereocenters. The maximum Gasteiger partial charge on any atom is 0.159 e. The third kappa shape index (κ3) is 3.94. The Labute approximate surface area is 173 Å². The lowest BCUT2D eigenvalue weighted by atomic mass is 10.2. The molecule has 0 atom stereocenters. The summed E-state index contributed by atoms with van der Waals surface area (Å²) in [6.45, 7) is 5.82. The van der Waals surface area contributed by atoms with Crippen molar-refractivity contribution in [2.24, 2.45) is 0 Å². The molecule has 1 fully saturated rings. The van der Waals surface area contributed by atoms with E-state index < -0.39 is 0 Å². The first-order chi connectivity index (χ1) is 14.3. The van der Waals surface area contributed by atoms with Gasteiger partial charge >= 0.3 is 0 Å². The molecule has 4 aromatic rings. The predicted molar refractivity (Wildman–Crippen MR) is 117 cm³/mol. The van der Waals surface area contributed by atoms with Crippen LogP contribution in [0, 0.1) is 0 Å². The number of benzene rings is 2. The molecule has 3 N–H and O–H groups in total. The number of nitrogens with one attached hydrogen (secondary N) is 3. The van der Waals surface area contributed by atoms with Crippen molar-refractivity contribution >= 4 is 39.2 Å². The Bertz CT molecular complexity index is 1130. The molecular formula is C21H23ClN6O. The van der Waals surface area contributed by atoms with Crippen LogP contribution in [0.15, 0.2) is 36.4 Å². The zero-order valence-electron chi connectivity index (χ0n) is 16.0. The summed E-state index contributed by atoms with van der Waals surface area (Å²) in [5.41, 5.74) is 4.70. The number of ether oxygens (including phenoxy) is 1. The molecule has 0 radical (unpaired) electrons. The number of morpholine rings is 1. The number of rotatable bonds is 6. The van der Waals surface area contributed by atoms with Crippen LogP contribution in [-0.2, 0) is 4.74 Å². The van der Waals surface area contributed by atoms with Gasteiger partial charge in [-0.3, -0.25) is 10.00 Å². The molecule has 2 aromatic heterocycles. The highest BCUT2D eigenvalue weighted by Crippen LogP contribution is 2.28. The largest absolute Gasteiger partial charge is 0.385 e. The first-order valence-electron chi connectivity index (χ1n) is 9.94. The van der Waals surface area contributed by atoms with Crippen molar-refractivity contribution < 1.29 is 4.74 Å². The highest BCUT2D eigenvalue weighted by molar-refractivity contribution is 6.31. The molecule has 0 aliphatic carbocycles. The lowest BCUT2D eigenvalue weighted by molar-refractivity contribution is 0.0378. The van der Waals surface area contributed by atoms with Crippen molar-refractivity contribution in [2.45, 2.75) is 6.42 Å². The SMILES string of the molecule is Clc1ccc2c(-c3nc4ccc(NCCCN5CCOCC5)cc4[nH]3)n[nH]c2c1. The summed E-state index contributed by atoms with van der Waals surface area (Å²) >= 11 is 6.07. The first-order valence-corrected chi connectivity index (χ1v) is 10.3. The van der Waals surface area contributed by atoms with Crippen LogP contribution in [0.2, 0.25) is 5.02 Å². The molecule has 150 valence electrons. The zero-order valence-corrected chi connectivity index (χ0v) is 16.8. The molecule has 1 aliphatic rings. The third-order valence-electron chi connectivity index (χ3n) is 5.32. The van der Waals surface area contributed by atoms with Gasteiger partial charge in [0, 0.05) is 35.7 Å². The second-order valence-electron chi connectivity index (χ2n) is 7.31. The van der Waals surface area contributed by atoms with Crippen LogP contribution in [0.25, 0.3) is 33.5 Å². The van der Waals surface area contributed by atoms with E-state index in [1.54, 1.807) is 0 Å². The summed E-state index contributed by atoms with van der Waals surface area (Å²) < 4.78 is 5.39. The second-order valence-corrected chi connectivity index (χ2v) is 7.75. The number of H-pyrrole nitrogens is 2. The van der Waals surface area contributed by atoms with E-state index in [0.717, 1.165) is 85.0 Å². The van der Waals surface area contributed by atoms with Gasteiger partial charge in [-0.15, -0.1) is 0 Å². The van der Waals surface area contributed by atoms with Gasteiger partial charge in [-0.05, 0) is 49.4 Å². The van der Waals surface area contributed by atoms with E-state index in [-0.39, 0.29) is 0 Å². The number of hydrogen-bond donors (Lipinski definition) is 3. The van der Waals surface area contributed by atoms with E-state index >= 15 is 0 Å². The van der Waals surface area contributed by atoms with Gasteiger partial charge in [0.2, 0.25) is 0 Å². The number of aromatic amines is 2. The van der Waals surface area contributed by atoms with Crippen LogP contribution in [-0.4, -0.2) is 64.5 Å². The third-order valence-corrected chi connectivity index (χ3v) is 5.55. The molecule has 3 heterocycles. The van der Waals surface area contributed by atoms with Crippen LogP contribution >= 0.6 is 11.6 Å². The number of anilines is 1. The Morgan fingerprint density at radius 2 is 2.00 bits per heavy atom. The van der Waals surface area contributed by atoms with Crippen molar-refractivity contribution in [1.29, 1.82) is 0 Å². The maximum atomic E-state index is 6.07. The highest BCUT2D eigenvalue weighted by Gasteiger charge is 2.13. The molecule has 1 saturated heterocycles. The Morgan fingerprint density at radius 3 is 2.90 bits per heavy atom. The van der Waals surface area contributed by atoms with Crippen LogP contribution in [0.3, 0.4) is 0 Å². The lowest BCUT2D eigenvalue weighted by Gasteiger charge is -2.26. The van der Waals surface area contributed by atoms with Crippen molar-refractivity contribution in [3.05, 3.63) is 41.4 Å². The van der Waals surface area contributed by atoms with Gasteiger partial charge in [-0.2, -0.15) is 5.10 Å². The summed E-state index contributed by atoms with van der Waals surface area (Å²) in [7, 11) is 0. The van der Waals surface area contributed by atoms with E-state index in [2.05, 4.69) is 37.5 Å². The number of hydrogen-bond acceptors (Lipinski definition) is 5. The van der Waals surface area contributed by atoms with Gasteiger partial charge in [0.15, 0.2) is 5.82 Å². The van der Waals surface area contributed by atoms with Gasteiger partial charge in [-0.1, -0.05) is 11.6 Å². The number of aromatic nitrogens is 4. The Morgan fingerprint density at radius 1 is 1.10 bits per heavy atom. The topological polar surface area (TPSA) is 81.9 Å². The monoisotopic (exact) mass is 410 g/mol. The predicted octanol–water partition coefficient (Wildman–Crippen LogP) is 3.89. The van der Waals surface area contributed by atoms with E-state index in [9.17, 15) is 0 Å². The number of halogens is 1. The quantitative estimate of drug-likeness (QED) is 0.420. The van der Waals surface area contributed by atoms with Crippen molar-refractivity contribution in [1.82, 2.24) is 25.1 Å². The summed E-state index contributed by atoms with van der Waals surface area (Å²) in [4.78, 5) is 10.6. The fourth-order valence-electron chi connectivity index (χ4n) is 3.76. The molecular weight excluding hydrogens is 388 g/mol. The summed E-state index contributed by atoms with van der Waals surface area (Å²) in [6.07, 6.45) is 1.11. The molecule has 0 amide bonds. The fourth-order valence-corrected chi connectivity index (χ4v) is 3.94. The summed E-state index contributed by atoms with van der Waals surface area (Å²) in [5, 5.41) is 12.6. The van der Waals surface area contributed by atoms with Crippen molar-refractivity contribution in [3.63, 3.8) is 0 Å². The Hall–Kier alpha value is -2.61. The maximum absolute atomic E-state index is 6.07. The van der Waals surface area contributed by atoms with Crippen LogP contribution < -0.4 is 5.32 Å². The number of imidazole rings is 1. The molecule has 0 bridgehead atoms. The van der Waals surface area contributed by atoms with Crippen LogP contribution in [0.4, 0.5) is 5.69 Å².